The summed E-state index contributed by atoms with van der Waals surface area (Å²) in [6.45, 7) is 1.92. The van der Waals surface area contributed by atoms with E-state index in [0.29, 0.717) is 5.56 Å². The van der Waals surface area contributed by atoms with Crippen LogP contribution in [0.3, 0.4) is 0 Å². The van der Waals surface area contributed by atoms with E-state index in [4.69, 9.17) is 0 Å². The molecule has 0 amide bonds. The number of benzene rings is 1. The Balaban J connectivity index is 2.15. The van der Waals surface area contributed by atoms with Crippen molar-refractivity contribution in [1.82, 2.24) is 4.98 Å². The van der Waals surface area contributed by atoms with Crippen LogP contribution in [0.25, 0.3) is 0 Å². The van der Waals surface area contributed by atoms with Gasteiger partial charge in [0.2, 0.25) is 5.82 Å². The van der Waals surface area contributed by atoms with E-state index in [1.807, 2.05) is 0 Å². The summed E-state index contributed by atoms with van der Waals surface area (Å²) in [6, 6.07) is 7.51. The summed E-state index contributed by atoms with van der Waals surface area (Å²) < 4.78 is 0. The van der Waals surface area contributed by atoms with Crippen molar-refractivity contribution in [2.24, 2.45) is 0 Å². The Bertz CT molecular complexity index is 685. The van der Waals surface area contributed by atoms with Crippen molar-refractivity contribution in [3.05, 3.63) is 67.9 Å². The zero-order valence-corrected chi connectivity index (χ0v) is 11.1. The second-order valence-corrected chi connectivity index (χ2v) is 4.36. The quantitative estimate of drug-likeness (QED) is 0.668. The van der Waals surface area contributed by atoms with Gasteiger partial charge in [-0.1, -0.05) is 12.1 Å². The van der Waals surface area contributed by atoms with Gasteiger partial charge in [0, 0.05) is 30.4 Å². The molecule has 1 heterocycles. The standard InChI is InChI=1S/C13H12N4O4/c1-9-6-7-14-13(12(9)17(20)21)15-8-10-2-4-11(5-3-10)16(18)19/h2-7H,8H2,1H3,(H,14,15). The van der Waals surface area contributed by atoms with Crippen molar-refractivity contribution in [2.75, 3.05) is 5.32 Å². The molecule has 0 aliphatic rings. The molecule has 0 spiro atoms. The first kappa shape index (κ1) is 14.4. The first-order valence-electron chi connectivity index (χ1n) is 6.06. The summed E-state index contributed by atoms with van der Waals surface area (Å²) in [7, 11) is 0. The fraction of sp³-hybridized carbons (Fsp3) is 0.154. The molecule has 1 N–H and O–H groups in total. The van der Waals surface area contributed by atoms with Gasteiger partial charge in [0.15, 0.2) is 0 Å². The summed E-state index contributed by atoms with van der Waals surface area (Å²) in [5, 5.41) is 24.5. The molecule has 2 rings (SSSR count). The van der Waals surface area contributed by atoms with Crippen molar-refractivity contribution in [1.29, 1.82) is 0 Å². The fourth-order valence-electron chi connectivity index (χ4n) is 1.83. The SMILES string of the molecule is Cc1ccnc(NCc2ccc([N+](=O)[O-])cc2)c1[N+](=O)[O-]. The maximum atomic E-state index is 11.0. The zero-order chi connectivity index (χ0) is 15.4. The van der Waals surface area contributed by atoms with Gasteiger partial charge < -0.3 is 5.32 Å². The Morgan fingerprint density at radius 3 is 2.33 bits per heavy atom. The van der Waals surface area contributed by atoms with Crippen LogP contribution in [0.4, 0.5) is 17.2 Å². The predicted molar refractivity (Wildman–Crippen MR) is 76.1 cm³/mol. The first-order valence-corrected chi connectivity index (χ1v) is 6.06. The lowest BCUT2D eigenvalue weighted by Gasteiger charge is -2.07. The molecule has 0 unspecified atom stereocenters. The number of rotatable bonds is 5. The second-order valence-electron chi connectivity index (χ2n) is 4.36. The number of hydrogen-bond acceptors (Lipinski definition) is 6. The smallest absolute Gasteiger partial charge is 0.314 e. The average molecular weight is 288 g/mol. The van der Waals surface area contributed by atoms with Crippen LogP contribution in [0.5, 0.6) is 0 Å². The minimum atomic E-state index is -0.486. The van der Waals surface area contributed by atoms with Gasteiger partial charge >= 0.3 is 5.69 Å². The van der Waals surface area contributed by atoms with Gasteiger partial charge in [-0.2, -0.15) is 0 Å². The molecule has 0 saturated carbocycles. The van der Waals surface area contributed by atoms with Crippen LogP contribution in [0, 0.1) is 27.2 Å². The van der Waals surface area contributed by atoms with Crippen LogP contribution >= 0.6 is 0 Å². The molecule has 0 saturated heterocycles. The molecule has 8 nitrogen and oxygen atoms in total. The summed E-state index contributed by atoms with van der Waals surface area (Å²) in [5.74, 6) is 0.179. The molecule has 0 atom stereocenters. The Morgan fingerprint density at radius 2 is 1.76 bits per heavy atom. The molecule has 0 bridgehead atoms. The van der Waals surface area contributed by atoms with Gasteiger partial charge in [-0.3, -0.25) is 20.2 Å². The van der Waals surface area contributed by atoms with E-state index in [1.165, 1.54) is 18.3 Å². The Kier molecular flexibility index (Phi) is 4.07. The number of hydrogen-bond donors (Lipinski definition) is 1. The van der Waals surface area contributed by atoms with Crippen LogP contribution in [-0.2, 0) is 6.54 Å². The normalized spacial score (nSPS) is 10.1. The van der Waals surface area contributed by atoms with E-state index in [0.717, 1.165) is 5.56 Å². The molecule has 2 aromatic rings. The Labute approximate surface area is 119 Å². The third-order valence-corrected chi connectivity index (χ3v) is 2.92. The van der Waals surface area contributed by atoms with Gasteiger partial charge in [0.1, 0.15) is 0 Å². The molecular formula is C13H12N4O4. The van der Waals surface area contributed by atoms with Crippen LogP contribution in [0.15, 0.2) is 36.5 Å². The number of non-ortho nitro benzene ring substituents is 1. The largest absolute Gasteiger partial charge is 0.360 e. The highest BCUT2D eigenvalue weighted by molar-refractivity contribution is 5.59. The van der Waals surface area contributed by atoms with Crippen molar-refractivity contribution in [3.63, 3.8) is 0 Å². The van der Waals surface area contributed by atoms with Crippen molar-refractivity contribution in [3.8, 4) is 0 Å². The van der Waals surface area contributed by atoms with Crippen LogP contribution < -0.4 is 5.32 Å². The molecule has 1 aromatic heterocycles. The number of nitrogens with one attached hydrogen (secondary N) is 1. The number of aromatic nitrogens is 1. The second kappa shape index (κ2) is 5.95. The highest BCUT2D eigenvalue weighted by atomic mass is 16.6. The van der Waals surface area contributed by atoms with Crippen LogP contribution in [0.1, 0.15) is 11.1 Å². The van der Waals surface area contributed by atoms with Gasteiger partial charge in [-0.05, 0) is 18.6 Å². The average Bonchev–Trinajstić information content (AvgIpc) is 2.45. The predicted octanol–water partition coefficient (Wildman–Crippen LogP) is 2.82. The molecule has 0 aliphatic heterocycles. The fourth-order valence-corrected chi connectivity index (χ4v) is 1.83. The zero-order valence-electron chi connectivity index (χ0n) is 11.1. The van der Waals surface area contributed by atoms with Gasteiger partial charge in [0.25, 0.3) is 5.69 Å². The minimum Gasteiger partial charge on any atom is -0.360 e. The topological polar surface area (TPSA) is 111 Å². The molecule has 8 heteroatoms. The maximum absolute atomic E-state index is 11.0. The number of nitro groups is 2. The van der Waals surface area contributed by atoms with Crippen molar-refractivity contribution >= 4 is 17.2 Å². The lowest BCUT2D eigenvalue weighted by atomic mass is 10.2. The highest BCUT2D eigenvalue weighted by Gasteiger charge is 2.18. The summed E-state index contributed by atoms with van der Waals surface area (Å²) in [5.41, 5.74) is 1.21. The van der Waals surface area contributed by atoms with Crippen molar-refractivity contribution < 1.29 is 9.85 Å². The van der Waals surface area contributed by atoms with Crippen LogP contribution in [-0.4, -0.2) is 14.8 Å². The first-order chi connectivity index (χ1) is 9.99. The van der Waals surface area contributed by atoms with Crippen molar-refractivity contribution in [2.45, 2.75) is 13.5 Å². The third-order valence-electron chi connectivity index (χ3n) is 2.92. The number of anilines is 1. The highest BCUT2D eigenvalue weighted by Crippen LogP contribution is 2.25. The minimum absolute atomic E-state index is 0.00147. The number of nitrogens with zero attached hydrogens (tertiary/aromatic N) is 3. The summed E-state index contributed by atoms with van der Waals surface area (Å²) >= 11 is 0. The molecule has 0 fully saturated rings. The van der Waals surface area contributed by atoms with E-state index >= 15 is 0 Å². The molecular weight excluding hydrogens is 276 g/mol. The van der Waals surface area contributed by atoms with E-state index in [-0.39, 0.29) is 23.7 Å². The molecule has 0 aliphatic carbocycles. The monoisotopic (exact) mass is 288 g/mol. The van der Waals surface area contributed by atoms with E-state index < -0.39 is 9.85 Å². The van der Waals surface area contributed by atoms with E-state index in [1.54, 1.807) is 25.1 Å². The molecule has 1 aromatic carbocycles. The number of aryl methyl sites for hydroxylation is 1. The number of pyridine rings is 1. The lowest BCUT2D eigenvalue weighted by Crippen LogP contribution is -2.05. The molecule has 0 radical (unpaired) electrons. The maximum Gasteiger partial charge on any atom is 0.314 e. The van der Waals surface area contributed by atoms with Gasteiger partial charge in [-0.25, -0.2) is 4.98 Å². The summed E-state index contributed by atoms with van der Waals surface area (Å²) in [4.78, 5) is 24.6. The summed E-state index contributed by atoms with van der Waals surface area (Å²) in [6.07, 6.45) is 1.49. The Morgan fingerprint density at radius 1 is 1.10 bits per heavy atom. The number of nitro benzene ring substituents is 1. The van der Waals surface area contributed by atoms with E-state index in [2.05, 4.69) is 10.3 Å². The van der Waals surface area contributed by atoms with E-state index in [9.17, 15) is 20.2 Å². The Hall–Kier alpha value is -3.03. The van der Waals surface area contributed by atoms with Gasteiger partial charge in [-0.15, -0.1) is 0 Å². The van der Waals surface area contributed by atoms with Crippen LogP contribution in [0.2, 0.25) is 0 Å². The molecule has 108 valence electrons. The lowest BCUT2D eigenvalue weighted by molar-refractivity contribution is -0.385. The molecule has 21 heavy (non-hydrogen) atoms. The van der Waals surface area contributed by atoms with Gasteiger partial charge in [0.05, 0.1) is 9.85 Å². The third kappa shape index (κ3) is 3.30.